The van der Waals surface area contributed by atoms with Crippen molar-refractivity contribution in [1.82, 2.24) is 4.90 Å². The minimum Gasteiger partial charge on any atom is -0.335 e. The maximum atomic E-state index is 12.7. The second-order valence-corrected chi connectivity index (χ2v) is 6.68. The molecule has 0 radical (unpaired) electrons. The summed E-state index contributed by atoms with van der Waals surface area (Å²) in [5.74, 6) is 0.969. The summed E-state index contributed by atoms with van der Waals surface area (Å²) in [6, 6.07) is 8.28. The van der Waals surface area contributed by atoms with E-state index < -0.39 is 0 Å². The van der Waals surface area contributed by atoms with Crippen molar-refractivity contribution >= 4 is 21.8 Å². The molecular formula is C16H20BrNO. The Morgan fingerprint density at radius 2 is 1.95 bits per heavy atom. The minimum atomic E-state index is 0.220. The average Bonchev–Trinajstić information content (AvgIpc) is 2.46. The fourth-order valence-corrected chi connectivity index (χ4v) is 4.06. The van der Waals surface area contributed by atoms with Crippen LogP contribution in [0.1, 0.15) is 48.9 Å². The van der Waals surface area contributed by atoms with Crippen LogP contribution in [0.15, 0.2) is 28.7 Å². The van der Waals surface area contributed by atoms with E-state index in [0.29, 0.717) is 6.04 Å². The van der Waals surface area contributed by atoms with Crippen LogP contribution in [-0.2, 0) is 0 Å². The van der Waals surface area contributed by atoms with E-state index in [9.17, 15) is 4.79 Å². The molecule has 1 aromatic rings. The smallest absolute Gasteiger partial charge is 0.254 e. The summed E-state index contributed by atoms with van der Waals surface area (Å²) < 4.78 is 0.982. The quantitative estimate of drug-likeness (QED) is 0.757. The van der Waals surface area contributed by atoms with Crippen LogP contribution in [0.3, 0.4) is 0 Å². The van der Waals surface area contributed by atoms with Crippen LogP contribution in [0.4, 0.5) is 0 Å². The van der Waals surface area contributed by atoms with Crippen LogP contribution >= 0.6 is 15.9 Å². The lowest BCUT2D eigenvalue weighted by Gasteiger charge is -2.44. The molecular weight excluding hydrogens is 302 g/mol. The summed E-state index contributed by atoms with van der Waals surface area (Å²) in [5, 5.41) is 0. The highest BCUT2D eigenvalue weighted by Gasteiger charge is 2.35. The molecule has 1 saturated heterocycles. The van der Waals surface area contributed by atoms with Crippen molar-refractivity contribution in [3.63, 3.8) is 0 Å². The fraction of sp³-hybridized carbons (Fsp3) is 0.562. The fourth-order valence-electron chi connectivity index (χ4n) is 3.66. The zero-order valence-electron chi connectivity index (χ0n) is 11.1. The standard InChI is InChI=1S/C16H20BrNO/c17-14-8-3-6-13(11-14)16(19)18-10-4-7-12-5-1-2-9-15(12)18/h3,6,8,11-12,15H,1-2,4-5,7,9-10H2/t12-,15-/m1/s1. The zero-order chi connectivity index (χ0) is 13.2. The van der Waals surface area contributed by atoms with Gasteiger partial charge in [0, 0.05) is 22.6 Å². The van der Waals surface area contributed by atoms with Gasteiger partial charge in [0.2, 0.25) is 0 Å². The van der Waals surface area contributed by atoms with Crippen molar-refractivity contribution in [2.45, 2.75) is 44.6 Å². The molecule has 2 aliphatic rings. The van der Waals surface area contributed by atoms with Crippen molar-refractivity contribution in [3.05, 3.63) is 34.3 Å². The highest BCUT2D eigenvalue weighted by Crippen LogP contribution is 2.36. The molecule has 3 heteroatoms. The van der Waals surface area contributed by atoms with Gasteiger partial charge >= 0.3 is 0 Å². The average molecular weight is 322 g/mol. The number of hydrogen-bond acceptors (Lipinski definition) is 1. The first-order valence-corrected chi connectivity index (χ1v) is 8.11. The Bertz CT molecular complexity index is 472. The normalized spacial score (nSPS) is 26.9. The topological polar surface area (TPSA) is 20.3 Å². The van der Waals surface area contributed by atoms with Crippen molar-refractivity contribution in [2.75, 3.05) is 6.54 Å². The van der Waals surface area contributed by atoms with Gasteiger partial charge in [-0.15, -0.1) is 0 Å². The number of nitrogens with zero attached hydrogens (tertiary/aromatic N) is 1. The number of fused-ring (bicyclic) bond motifs is 1. The lowest BCUT2D eigenvalue weighted by Crippen LogP contribution is -2.49. The summed E-state index contributed by atoms with van der Waals surface area (Å²) >= 11 is 3.45. The van der Waals surface area contributed by atoms with E-state index in [0.717, 1.165) is 22.5 Å². The number of hydrogen-bond donors (Lipinski definition) is 0. The number of rotatable bonds is 1. The third kappa shape index (κ3) is 2.71. The summed E-state index contributed by atoms with van der Waals surface area (Å²) in [6.45, 7) is 0.937. The Labute approximate surface area is 123 Å². The number of piperidine rings is 1. The van der Waals surface area contributed by atoms with E-state index in [4.69, 9.17) is 0 Å². The third-order valence-electron chi connectivity index (χ3n) is 4.58. The van der Waals surface area contributed by atoms with Crippen LogP contribution in [0.25, 0.3) is 0 Å². The van der Waals surface area contributed by atoms with Gasteiger partial charge in [0.15, 0.2) is 0 Å². The van der Waals surface area contributed by atoms with E-state index in [-0.39, 0.29) is 5.91 Å². The first-order valence-electron chi connectivity index (χ1n) is 7.32. The summed E-state index contributed by atoms with van der Waals surface area (Å²) in [6.07, 6.45) is 7.62. The van der Waals surface area contributed by atoms with E-state index >= 15 is 0 Å². The lowest BCUT2D eigenvalue weighted by molar-refractivity contribution is 0.0390. The van der Waals surface area contributed by atoms with E-state index in [2.05, 4.69) is 20.8 Å². The molecule has 1 heterocycles. The Balaban J connectivity index is 1.82. The van der Waals surface area contributed by atoms with Gasteiger partial charge in [-0.2, -0.15) is 0 Å². The van der Waals surface area contributed by atoms with Crippen LogP contribution in [-0.4, -0.2) is 23.4 Å². The van der Waals surface area contributed by atoms with Crippen LogP contribution in [0.2, 0.25) is 0 Å². The highest BCUT2D eigenvalue weighted by molar-refractivity contribution is 9.10. The van der Waals surface area contributed by atoms with Gasteiger partial charge in [-0.05, 0) is 49.8 Å². The van der Waals surface area contributed by atoms with Gasteiger partial charge in [0.05, 0.1) is 0 Å². The molecule has 0 N–H and O–H groups in total. The molecule has 1 saturated carbocycles. The molecule has 0 spiro atoms. The second kappa shape index (κ2) is 5.66. The van der Waals surface area contributed by atoms with Crippen LogP contribution < -0.4 is 0 Å². The van der Waals surface area contributed by atoms with Gasteiger partial charge in [0.1, 0.15) is 0 Å². The molecule has 0 aromatic heterocycles. The molecule has 102 valence electrons. The molecule has 2 fully saturated rings. The van der Waals surface area contributed by atoms with Gasteiger partial charge in [-0.1, -0.05) is 34.8 Å². The predicted octanol–water partition coefficient (Wildman–Crippen LogP) is 4.24. The zero-order valence-corrected chi connectivity index (χ0v) is 12.7. The SMILES string of the molecule is O=C(c1cccc(Br)c1)N1CCC[C@H]2CCCC[C@H]21. The molecule has 3 rings (SSSR count). The Morgan fingerprint density at radius 1 is 1.16 bits per heavy atom. The molecule has 2 nitrogen and oxygen atoms in total. The van der Waals surface area contributed by atoms with Crippen LogP contribution in [0, 0.1) is 5.92 Å². The number of carbonyl (C=O) groups is 1. The summed E-state index contributed by atoms with van der Waals surface area (Å²) in [4.78, 5) is 14.9. The molecule has 0 unspecified atom stereocenters. The first-order chi connectivity index (χ1) is 9.25. The van der Waals surface area contributed by atoms with E-state index in [1.165, 1.54) is 38.5 Å². The summed E-state index contributed by atoms with van der Waals surface area (Å²) in [7, 11) is 0. The van der Waals surface area contributed by atoms with E-state index in [1.807, 2.05) is 24.3 Å². The number of halogens is 1. The molecule has 1 aliphatic carbocycles. The summed E-state index contributed by atoms with van der Waals surface area (Å²) in [5.41, 5.74) is 0.820. The Hall–Kier alpha value is -0.830. The second-order valence-electron chi connectivity index (χ2n) is 5.76. The number of carbonyl (C=O) groups excluding carboxylic acids is 1. The molecule has 19 heavy (non-hydrogen) atoms. The molecule has 2 atom stereocenters. The maximum absolute atomic E-state index is 12.7. The number of amides is 1. The number of likely N-dealkylation sites (tertiary alicyclic amines) is 1. The highest BCUT2D eigenvalue weighted by atomic mass is 79.9. The van der Waals surface area contributed by atoms with Crippen molar-refractivity contribution in [2.24, 2.45) is 5.92 Å². The molecule has 1 amide bonds. The third-order valence-corrected chi connectivity index (χ3v) is 5.07. The Morgan fingerprint density at radius 3 is 2.79 bits per heavy atom. The monoisotopic (exact) mass is 321 g/mol. The molecule has 0 bridgehead atoms. The van der Waals surface area contributed by atoms with Crippen LogP contribution in [0.5, 0.6) is 0 Å². The molecule has 1 aromatic carbocycles. The first kappa shape index (κ1) is 13.2. The minimum absolute atomic E-state index is 0.220. The van der Waals surface area contributed by atoms with E-state index in [1.54, 1.807) is 0 Å². The van der Waals surface area contributed by atoms with Gasteiger partial charge < -0.3 is 4.90 Å². The predicted molar refractivity (Wildman–Crippen MR) is 80.2 cm³/mol. The van der Waals surface area contributed by atoms with Crippen molar-refractivity contribution in [1.29, 1.82) is 0 Å². The lowest BCUT2D eigenvalue weighted by atomic mass is 9.78. The largest absolute Gasteiger partial charge is 0.335 e. The maximum Gasteiger partial charge on any atom is 0.254 e. The van der Waals surface area contributed by atoms with Crippen molar-refractivity contribution in [3.8, 4) is 0 Å². The Kier molecular flexibility index (Phi) is 3.92. The van der Waals surface area contributed by atoms with Gasteiger partial charge in [0.25, 0.3) is 5.91 Å². The van der Waals surface area contributed by atoms with Gasteiger partial charge in [-0.3, -0.25) is 4.79 Å². The number of benzene rings is 1. The molecule has 1 aliphatic heterocycles. The van der Waals surface area contributed by atoms with Gasteiger partial charge in [-0.25, -0.2) is 0 Å². The van der Waals surface area contributed by atoms with Crippen molar-refractivity contribution < 1.29 is 4.79 Å².